The number of ether oxygens (including phenoxy) is 2. The van der Waals surface area contributed by atoms with Crippen molar-refractivity contribution < 1.29 is 255 Å². The van der Waals surface area contributed by atoms with Crippen LogP contribution in [-0.4, -0.2) is 90.9 Å². The molecule has 2 aliphatic rings. The molecule has 32 heavy (non-hydrogen) atoms. The van der Waals surface area contributed by atoms with E-state index in [2.05, 4.69) is 51.9 Å². The molecule has 0 aromatic carbocycles. The second kappa shape index (κ2) is 26.4. The molecular weight excluding hydrogens is 1630 g/mol. The molecule has 2 fully saturated rings. The van der Waals surface area contributed by atoms with Gasteiger partial charge in [-0.3, -0.25) is 0 Å². The second-order valence-electron chi connectivity index (χ2n) is 5.75. The third-order valence-corrected chi connectivity index (χ3v) is 5.51. The SMILES string of the molecule is CC1OC(Br)C(N=[N+]=[N-])C(O)C1O.[Ac].[Ac].[Ac].[Ac].[Ac].[N-]=[N+]=NC1C(Br)O[C@H](CO)C(O)C1O. The van der Waals surface area contributed by atoms with Gasteiger partial charge in [-0.2, -0.15) is 0 Å². The quantitative estimate of drug-likeness (QED) is 0.113. The van der Waals surface area contributed by atoms with Gasteiger partial charge in [0, 0.05) is 230 Å². The van der Waals surface area contributed by atoms with Gasteiger partial charge in [0.2, 0.25) is 0 Å². The molecule has 5 radical (unpaired) electrons. The molecule has 13 nitrogen and oxygen atoms in total. The number of alkyl halides is 2. The third kappa shape index (κ3) is 15.5. The van der Waals surface area contributed by atoms with Crippen LogP contribution in [0.3, 0.4) is 0 Å². The molecule has 10 atom stereocenters. The van der Waals surface area contributed by atoms with Crippen molar-refractivity contribution in [1.29, 1.82) is 0 Å². The molecule has 169 valence electrons. The number of aliphatic hydroxyl groups is 5. The predicted molar refractivity (Wildman–Crippen MR) is 97.8 cm³/mol. The van der Waals surface area contributed by atoms with E-state index in [9.17, 15) is 20.4 Å². The van der Waals surface area contributed by atoms with Gasteiger partial charge < -0.3 is 35.0 Å². The summed E-state index contributed by atoms with van der Waals surface area (Å²) in [4.78, 5) is 5.09. The Kier molecular flexibility index (Phi) is 39.8. The van der Waals surface area contributed by atoms with Crippen LogP contribution in [-0.2, 0) is 9.47 Å². The molecule has 0 amide bonds. The Bertz CT molecular complexity index is 598. The van der Waals surface area contributed by atoms with Crippen LogP contribution in [0, 0.1) is 220 Å². The van der Waals surface area contributed by atoms with Crippen molar-refractivity contribution >= 4 is 31.9 Å². The van der Waals surface area contributed by atoms with E-state index >= 15 is 0 Å². The summed E-state index contributed by atoms with van der Waals surface area (Å²) in [6, 6.07) is -1.70. The number of aliphatic hydroxyl groups excluding tert-OH is 5. The molecule has 0 aromatic rings. The zero-order valence-electron chi connectivity index (χ0n) is 16.9. The fraction of sp³-hybridized carbons (Fsp3) is 1.00. The first-order valence-corrected chi connectivity index (χ1v) is 9.53. The number of hydrogen-bond donors (Lipinski definition) is 5. The van der Waals surface area contributed by atoms with Crippen molar-refractivity contribution in [1.82, 2.24) is 0 Å². The number of azide groups is 2. The van der Waals surface area contributed by atoms with E-state index in [-0.39, 0.29) is 220 Å². The van der Waals surface area contributed by atoms with Crippen LogP contribution in [0.4, 0.5) is 0 Å². The van der Waals surface area contributed by atoms with Gasteiger partial charge in [0.05, 0.1) is 24.9 Å². The Labute approximate surface area is 380 Å². The minimum atomic E-state index is -1.26. The Morgan fingerprint density at radius 3 is 1.50 bits per heavy atom. The smallest absolute Gasteiger partial charge is 0.124 e. The van der Waals surface area contributed by atoms with E-state index in [1.165, 1.54) is 0 Å². The van der Waals surface area contributed by atoms with Crippen molar-refractivity contribution in [2.75, 3.05) is 6.61 Å². The topological polar surface area (TPSA) is 217 Å². The summed E-state index contributed by atoms with van der Waals surface area (Å²) in [5.41, 5.74) is 16.4. The van der Waals surface area contributed by atoms with Gasteiger partial charge in [-0.25, -0.2) is 0 Å². The van der Waals surface area contributed by atoms with E-state index in [4.69, 9.17) is 25.6 Å². The summed E-state index contributed by atoms with van der Waals surface area (Å²) < 4.78 is 10.3. The molecule has 0 saturated carbocycles. The standard InChI is InChI=1S/C6H10BrN3O4.C6H10BrN3O3.5Ac/c7-6-3(9-10-8)5(13)4(12)2(1-11)14-6;1-2-4(11)5(12)3(9-10-8)6(7)13-2;;;;;/h2-6,11-13H,1H2;2-6,11-12H,1H3;;;;;/t2-,3?,4?,5?,6?;;;;;;/m1....../s1. The van der Waals surface area contributed by atoms with Gasteiger partial charge >= 0.3 is 0 Å². The van der Waals surface area contributed by atoms with E-state index in [0.717, 1.165) is 0 Å². The van der Waals surface area contributed by atoms with Gasteiger partial charge in [0.1, 0.15) is 40.4 Å². The summed E-state index contributed by atoms with van der Waals surface area (Å²) in [5.74, 6) is 0. The first kappa shape index (κ1) is 48.3. The van der Waals surface area contributed by atoms with Crippen LogP contribution >= 0.6 is 31.9 Å². The Morgan fingerprint density at radius 2 is 1.12 bits per heavy atom. The molecule has 2 aliphatic heterocycles. The summed E-state index contributed by atoms with van der Waals surface area (Å²) in [6.45, 7) is 1.22. The largest absolute Gasteiger partial charge is 0.394 e. The first-order valence-electron chi connectivity index (χ1n) is 7.70. The Hall–Kier alpha value is 6.51. The minimum absolute atomic E-state index is 0. The zero-order valence-corrected chi connectivity index (χ0v) is 43.8. The molecule has 9 unspecified atom stereocenters. The van der Waals surface area contributed by atoms with Gasteiger partial charge in [0.25, 0.3) is 0 Å². The van der Waals surface area contributed by atoms with Crippen molar-refractivity contribution in [2.24, 2.45) is 10.2 Å². The van der Waals surface area contributed by atoms with E-state index in [0.29, 0.717) is 0 Å². The van der Waals surface area contributed by atoms with E-state index in [1.54, 1.807) is 6.92 Å². The number of halogens is 2. The van der Waals surface area contributed by atoms with Crippen LogP contribution < -0.4 is 0 Å². The normalized spacial score (nSPS) is 37.2. The molecule has 0 bridgehead atoms. The predicted octanol–water partition coefficient (Wildman–Crippen LogP) is 0.0260. The summed E-state index contributed by atoms with van der Waals surface area (Å²) in [7, 11) is 0. The Morgan fingerprint density at radius 1 is 0.750 bits per heavy atom. The number of nitrogens with zero attached hydrogens (tertiary/aromatic N) is 6. The van der Waals surface area contributed by atoms with E-state index < -0.39 is 65.3 Å². The summed E-state index contributed by atoms with van der Waals surface area (Å²) >= 11 is 6.14. The van der Waals surface area contributed by atoms with E-state index in [1.807, 2.05) is 0 Å². The summed E-state index contributed by atoms with van der Waals surface area (Å²) in [6.07, 6.45) is -5.98. The maximum atomic E-state index is 9.50. The number of hydrogen-bond acceptors (Lipinski definition) is 9. The van der Waals surface area contributed by atoms with Crippen LogP contribution in [0.25, 0.3) is 20.9 Å². The number of rotatable bonds is 3. The van der Waals surface area contributed by atoms with Crippen LogP contribution in [0.15, 0.2) is 10.2 Å². The fourth-order valence-electron chi connectivity index (χ4n) is 2.42. The molecule has 20 heteroatoms. The fourth-order valence-corrected chi connectivity index (χ4v) is 3.87. The van der Waals surface area contributed by atoms with Crippen molar-refractivity contribution in [3.63, 3.8) is 0 Å². The summed E-state index contributed by atoms with van der Waals surface area (Å²) in [5, 5.41) is 51.9. The van der Waals surface area contributed by atoms with Crippen LogP contribution in [0.2, 0.25) is 0 Å². The maximum Gasteiger partial charge on any atom is 0.124 e. The van der Waals surface area contributed by atoms with Gasteiger partial charge in [-0.1, -0.05) is 42.1 Å². The van der Waals surface area contributed by atoms with Gasteiger partial charge in [-0.05, 0) is 18.0 Å². The van der Waals surface area contributed by atoms with Crippen LogP contribution in [0.5, 0.6) is 0 Å². The van der Waals surface area contributed by atoms with Crippen molar-refractivity contribution in [3.05, 3.63) is 20.9 Å². The first-order chi connectivity index (χ1) is 12.7. The zero-order chi connectivity index (χ0) is 20.7. The second-order valence-corrected chi connectivity index (χ2v) is 7.56. The Balaban J connectivity index is -0.000000132. The minimum Gasteiger partial charge on any atom is -0.394 e. The van der Waals surface area contributed by atoms with Gasteiger partial charge in [-0.15, -0.1) is 0 Å². The maximum absolute atomic E-state index is 9.50. The van der Waals surface area contributed by atoms with Gasteiger partial charge in [0.15, 0.2) is 0 Å². The molecule has 2 heterocycles. The van der Waals surface area contributed by atoms with Crippen molar-refractivity contribution in [3.8, 4) is 0 Å². The molecule has 5 N–H and O–H groups in total. The molecule has 2 rings (SSSR count). The molecule has 0 aromatic heterocycles. The van der Waals surface area contributed by atoms with Crippen molar-refractivity contribution in [2.45, 2.75) is 65.7 Å². The monoisotopic (exact) mass is 1650 g/mol. The third-order valence-electron chi connectivity index (χ3n) is 4.00. The van der Waals surface area contributed by atoms with Crippen LogP contribution in [0.1, 0.15) is 6.92 Å². The molecule has 2 saturated heterocycles. The average Bonchev–Trinajstić information content (AvgIpc) is 2.64. The molecule has 0 aliphatic carbocycles. The molecular formula is C12H20Ac5Br2N6O7. The molecule has 0 spiro atoms. The average molecular weight is 1660 g/mol.